The molecule has 138 valence electrons. The first-order valence-electron chi connectivity index (χ1n) is 8.78. The van der Waals surface area contributed by atoms with Crippen LogP contribution in [0.5, 0.6) is 0 Å². The first kappa shape index (κ1) is 18.1. The highest BCUT2D eigenvalue weighted by Gasteiger charge is 2.35. The lowest BCUT2D eigenvalue weighted by Gasteiger charge is -2.17. The summed E-state index contributed by atoms with van der Waals surface area (Å²) in [6, 6.07) is 15.6. The van der Waals surface area contributed by atoms with Crippen LogP contribution in [0.25, 0.3) is 10.2 Å². The fourth-order valence-corrected chi connectivity index (χ4v) is 4.59. The number of carbonyl (C=O) groups is 2. The van der Waals surface area contributed by atoms with Gasteiger partial charge in [-0.1, -0.05) is 34.1 Å². The summed E-state index contributed by atoms with van der Waals surface area (Å²) in [7, 11) is 0. The Bertz CT molecular complexity index is 971. The lowest BCUT2D eigenvalue weighted by atomic mass is 10.1. The first-order chi connectivity index (χ1) is 13.1. The maximum atomic E-state index is 12.5. The number of thiazole rings is 1. The molecule has 1 aliphatic rings. The second-order valence-electron chi connectivity index (χ2n) is 6.50. The molecule has 7 heteroatoms. The smallest absolute Gasteiger partial charge is 0.227 e. The molecule has 1 N–H and O–H groups in total. The van der Waals surface area contributed by atoms with Crippen molar-refractivity contribution in [1.82, 2.24) is 10.3 Å². The van der Waals surface area contributed by atoms with E-state index in [2.05, 4.69) is 32.3 Å². The quantitative estimate of drug-likeness (QED) is 0.652. The maximum Gasteiger partial charge on any atom is 0.227 e. The van der Waals surface area contributed by atoms with E-state index < -0.39 is 0 Å². The van der Waals surface area contributed by atoms with Crippen molar-refractivity contribution in [1.29, 1.82) is 0 Å². The SMILES string of the molecule is O=C(NCCc1nc2ccccc2s1)C1CC(=O)N(c2cccc(Br)c2)C1. The van der Waals surface area contributed by atoms with Crippen molar-refractivity contribution >= 4 is 55.0 Å². The monoisotopic (exact) mass is 443 g/mol. The number of hydrogen-bond donors (Lipinski definition) is 1. The number of aromatic nitrogens is 1. The number of carbonyl (C=O) groups excluding carboxylic acids is 2. The van der Waals surface area contributed by atoms with E-state index in [1.807, 2.05) is 42.5 Å². The third-order valence-corrected chi connectivity index (χ3v) is 6.18. The average Bonchev–Trinajstić information content (AvgIpc) is 3.24. The molecule has 27 heavy (non-hydrogen) atoms. The lowest BCUT2D eigenvalue weighted by molar-refractivity contribution is -0.126. The van der Waals surface area contributed by atoms with Crippen molar-refractivity contribution in [2.24, 2.45) is 5.92 Å². The van der Waals surface area contributed by atoms with Crippen molar-refractivity contribution in [3.63, 3.8) is 0 Å². The molecule has 0 aliphatic carbocycles. The summed E-state index contributed by atoms with van der Waals surface area (Å²) < 4.78 is 2.07. The summed E-state index contributed by atoms with van der Waals surface area (Å²) >= 11 is 5.07. The molecule has 4 rings (SSSR count). The van der Waals surface area contributed by atoms with Gasteiger partial charge in [0.15, 0.2) is 0 Å². The molecule has 0 bridgehead atoms. The third-order valence-electron chi connectivity index (χ3n) is 4.59. The van der Waals surface area contributed by atoms with Gasteiger partial charge in [0.1, 0.15) is 0 Å². The van der Waals surface area contributed by atoms with Crippen LogP contribution in [0.4, 0.5) is 5.69 Å². The van der Waals surface area contributed by atoms with Crippen molar-refractivity contribution in [3.8, 4) is 0 Å². The van der Waals surface area contributed by atoms with Gasteiger partial charge in [0, 0.05) is 36.1 Å². The number of anilines is 1. The molecule has 3 aromatic rings. The third kappa shape index (κ3) is 4.04. The van der Waals surface area contributed by atoms with Gasteiger partial charge >= 0.3 is 0 Å². The molecule has 5 nitrogen and oxygen atoms in total. The van der Waals surface area contributed by atoms with Crippen LogP contribution in [0.15, 0.2) is 53.0 Å². The maximum absolute atomic E-state index is 12.5. The highest BCUT2D eigenvalue weighted by molar-refractivity contribution is 9.10. The molecule has 0 radical (unpaired) electrons. The Morgan fingerprint density at radius 1 is 1.26 bits per heavy atom. The summed E-state index contributed by atoms with van der Waals surface area (Å²) in [6.07, 6.45) is 0.945. The normalized spacial score (nSPS) is 16.9. The van der Waals surface area contributed by atoms with Crippen LogP contribution in [0.3, 0.4) is 0 Å². The van der Waals surface area contributed by atoms with Crippen molar-refractivity contribution in [2.45, 2.75) is 12.8 Å². The van der Waals surface area contributed by atoms with Gasteiger partial charge in [0.05, 0.1) is 21.1 Å². The minimum absolute atomic E-state index is 0.0144. The van der Waals surface area contributed by atoms with Gasteiger partial charge < -0.3 is 10.2 Å². The molecule has 1 aromatic heterocycles. The van der Waals surface area contributed by atoms with E-state index in [0.29, 0.717) is 19.5 Å². The second kappa shape index (κ2) is 7.78. The van der Waals surface area contributed by atoms with Crippen molar-refractivity contribution in [3.05, 3.63) is 58.0 Å². The van der Waals surface area contributed by atoms with Gasteiger partial charge in [-0.25, -0.2) is 4.98 Å². The van der Waals surface area contributed by atoms with E-state index in [1.165, 1.54) is 0 Å². The van der Waals surface area contributed by atoms with Gasteiger partial charge in [-0.05, 0) is 30.3 Å². The Morgan fingerprint density at radius 3 is 2.93 bits per heavy atom. The largest absolute Gasteiger partial charge is 0.355 e. The topological polar surface area (TPSA) is 62.3 Å². The van der Waals surface area contributed by atoms with Crippen LogP contribution in [0.1, 0.15) is 11.4 Å². The van der Waals surface area contributed by atoms with E-state index in [0.717, 1.165) is 25.4 Å². The Hall–Kier alpha value is -2.25. The molecule has 1 unspecified atom stereocenters. The summed E-state index contributed by atoms with van der Waals surface area (Å²) in [6.45, 7) is 0.947. The molecule has 1 saturated heterocycles. The highest BCUT2D eigenvalue weighted by Crippen LogP contribution is 2.27. The van der Waals surface area contributed by atoms with E-state index >= 15 is 0 Å². The van der Waals surface area contributed by atoms with Crippen LogP contribution >= 0.6 is 27.3 Å². The Balaban J connectivity index is 1.33. The zero-order chi connectivity index (χ0) is 18.8. The van der Waals surface area contributed by atoms with E-state index in [9.17, 15) is 9.59 Å². The highest BCUT2D eigenvalue weighted by atomic mass is 79.9. The predicted octanol–water partition coefficient (Wildman–Crippen LogP) is 3.77. The Kier molecular flexibility index (Phi) is 5.22. The van der Waals surface area contributed by atoms with Gasteiger partial charge in [0.2, 0.25) is 11.8 Å². The standard InChI is InChI=1S/C20H18BrN3O2S/c21-14-4-3-5-15(11-14)24-12-13(10-19(24)25)20(26)22-9-8-18-23-16-6-1-2-7-17(16)27-18/h1-7,11,13H,8-10,12H2,(H,22,26). The fraction of sp³-hybridized carbons (Fsp3) is 0.250. The molecule has 0 spiro atoms. The molecule has 2 heterocycles. The number of nitrogens with zero attached hydrogens (tertiary/aromatic N) is 2. The summed E-state index contributed by atoms with van der Waals surface area (Å²) in [4.78, 5) is 31.1. The van der Waals surface area contributed by atoms with Crippen LogP contribution in [0.2, 0.25) is 0 Å². The molecule has 0 saturated carbocycles. The van der Waals surface area contributed by atoms with Crippen molar-refractivity contribution < 1.29 is 9.59 Å². The molecule has 1 fully saturated rings. The van der Waals surface area contributed by atoms with E-state index in [1.54, 1.807) is 16.2 Å². The summed E-state index contributed by atoms with van der Waals surface area (Å²) in [5, 5.41) is 3.97. The molecular weight excluding hydrogens is 426 g/mol. The fourth-order valence-electron chi connectivity index (χ4n) is 3.24. The molecule has 1 aliphatic heterocycles. The Labute approximate surface area is 169 Å². The zero-order valence-electron chi connectivity index (χ0n) is 14.5. The number of fused-ring (bicyclic) bond motifs is 1. The van der Waals surface area contributed by atoms with Crippen LogP contribution < -0.4 is 10.2 Å². The lowest BCUT2D eigenvalue weighted by Crippen LogP contribution is -2.34. The molecule has 1 atom stereocenters. The molecular formula is C20H18BrN3O2S. The van der Waals surface area contributed by atoms with Crippen LogP contribution in [-0.2, 0) is 16.0 Å². The van der Waals surface area contributed by atoms with E-state index in [4.69, 9.17) is 0 Å². The minimum Gasteiger partial charge on any atom is -0.355 e. The van der Waals surface area contributed by atoms with E-state index in [-0.39, 0.29) is 24.2 Å². The van der Waals surface area contributed by atoms with Gasteiger partial charge in [-0.2, -0.15) is 0 Å². The van der Waals surface area contributed by atoms with Gasteiger partial charge in [-0.3, -0.25) is 9.59 Å². The van der Waals surface area contributed by atoms with Gasteiger partial charge in [-0.15, -0.1) is 11.3 Å². The number of halogens is 1. The number of para-hydroxylation sites is 1. The predicted molar refractivity (Wildman–Crippen MR) is 111 cm³/mol. The number of rotatable bonds is 5. The number of nitrogens with one attached hydrogen (secondary N) is 1. The average molecular weight is 444 g/mol. The number of amides is 2. The summed E-state index contributed by atoms with van der Waals surface area (Å²) in [5.41, 5.74) is 1.81. The second-order valence-corrected chi connectivity index (χ2v) is 8.53. The number of benzene rings is 2. The van der Waals surface area contributed by atoms with Crippen LogP contribution in [-0.4, -0.2) is 29.9 Å². The molecule has 2 amide bonds. The minimum atomic E-state index is -0.313. The Morgan fingerprint density at radius 2 is 2.11 bits per heavy atom. The molecule has 2 aromatic carbocycles. The number of hydrogen-bond acceptors (Lipinski definition) is 4. The summed E-state index contributed by atoms with van der Waals surface area (Å²) in [5.74, 6) is -0.395. The van der Waals surface area contributed by atoms with Gasteiger partial charge in [0.25, 0.3) is 0 Å². The van der Waals surface area contributed by atoms with Crippen LogP contribution in [0, 0.1) is 5.92 Å². The zero-order valence-corrected chi connectivity index (χ0v) is 16.9. The first-order valence-corrected chi connectivity index (χ1v) is 10.4. The van der Waals surface area contributed by atoms with Crippen molar-refractivity contribution in [2.75, 3.05) is 18.0 Å².